The minimum atomic E-state index is -0.948. The SMILES string of the molecule is CC[C@@H]1CC(F)CN1C(=O)COC(C)=O. The van der Waals surface area contributed by atoms with Crippen molar-refractivity contribution in [1.82, 2.24) is 4.90 Å². The smallest absolute Gasteiger partial charge is 0.303 e. The average Bonchev–Trinajstić information content (AvgIpc) is 2.56. The molecule has 86 valence electrons. The maximum absolute atomic E-state index is 13.1. The fourth-order valence-electron chi connectivity index (χ4n) is 1.80. The van der Waals surface area contributed by atoms with Crippen molar-refractivity contribution >= 4 is 11.9 Å². The Balaban J connectivity index is 2.47. The van der Waals surface area contributed by atoms with Gasteiger partial charge in [0.1, 0.15) is 6.17 Å². The third kappa shape index (κ3) is 3.18. The van der Waals surface area contributed by atoms with E-state index in [-0.39, 0.29) is 25.1 Å². The number of likely N-dealkylation sites (tertiary alicyclic amines) is 1. The predicted octanol–water partition coefficient (Wildman–Crippen LogP) is 0.899. The Hall–Kier alpha value is -1.13. The molecule has 1 saturated heterocycles. The molecule has 0 radical (unpaired) electrons. The highest BCUT2D eigenvalue weighted by atomic mass is 19.1. The van der Waals surface area contributed by atoms with Crippen LogP contribution in [0.3, 0.4) is 0 Å². The van der Waals surface area contributed by atoms with Crippen LogP contribution in [0.5, 0.6) is 0 Å². The Morgan fingerprint density at radius 1 is 1.53 bits per heavy atom. The molecular formula is C10H16FNO3. The molecule has 5 heteroatoms. The molecule has 1 aliphatic heterocycles. The number of carbonyl (C=O) groups excluding carboxylic acids is 2. The summed E-state index contributed by atoms with van der Waals surface area (Å²) < 4.78 is 17.7. The van der Waals surface area contributed by atoms with Gasteiger partial charge in [-0.2, -0.15) is 0 Å². The van der Waals surface area contributed by atoms with Gasteiger partial charge < -0.3 is 9.64 Å². The normalized spacial score (nSPS) is 25.4. The molecule has 1 unspecified atom stereocenters. The maximum atomic E-state index is 13.1. The van der Waals surface area contributed by atoms with Gasteiger partial charge in [0, 0.05) is 19.4 Å². The van der Waals surface area contributed by atoms with Crippen LogP contribution in [0.2, 0.25) is 0 Å². The number of halogens is 1. The lowest BCUT2D eigenvalue weighted by Crippen LogP contribution is -2.38. The van der Waals surface area contributed by atoms with Crippen LogP contribution in [0.1, 0.15) is 26.7 Å². The Morgan fingerprint density at radius 2 is 2.20 bits per heavy atom. The Morgan fingerprint density at radius 3 is 2.73 bits per heavy atom. The highest BCUT2D eigenvalue weighted by Crippen LogP contribution is 2.22. The highest BCUT2D eigenvalue weighted by Gasteiger charge is 2.34. The first-order valence-electron chi connectivity index (χ1n) is 5.11. The Kier molecular flexibility index (Phi) is 4.05. The Bertz CT molecular complexity index is 257. The van der Waals surface area contributed by atoms with Gasteiger partial charge in [0.05, 0.1) is 6.54 Å². The number of hydrogen-bond acceptors (Lipinski definition) is 3. The minimum Gasteiger partial charge on any atom is -0.456 e. The van der Waals surface area contributed by atoms with Crippen LogP contribution >= 0.6 is 0 Å². The van der Waals surface area contributed by atoms with E-state index in [1.165, 1.54) is 11.8 Å². The topological polar surface area (TPSA) is 46.6 Å². The summed E-state index contributed by atoms with van der Waals surface area (Å²) >= 11 is 0. The van der Waals surface area contributed by atoms with Gasteiger partial charge in [-0.25, -0.2) is 4.39 Å². The first-order chi connectivity index (χ1) is 7.04. The van der Waals surface area contributed by atoms with Gasteiger partial charge in [-0.3, -0.25) is 9.59 Å². The minimum absolute atomic E-state index is 0.0527. The predicted molar refractivity (Wildman–Crippen MR) is 51.9 cm³/mol. The summed E-state index contributed by atoms with van der Waals surface area (Å²) in [5.41, 5.74) is 0. The molecular weight excluding hydrogens is 201 g/mol. The van der Waals surface area contributed by atoms with Gasteiger partial charge in [-0.1, -0.05) is 6.92 Å². The van der Waals surface area contributed by atoms with Gasteiger partial charge in [-0.15, -0.1) is 0 Å². The van der Waals surface area contributed by atoms with E-state index in [2.05, 4.69) is 4.74 Å². The monoisotopic (exact) mass is 217 g/mol. The van der Waals surface area contributed by atoms with E-state index < -0.39 is 12.1 Å². The lowest BCUT2D eigenvalue weighted by molar-refractivity contribution is -0.150. The molecule has 0 bridgehead atoms. The lowest BCUT2D eigenvalue weighted by atomic mass is 10.1. The molecule has 1 aliphatic rings. The van der Waals surface area contributed by atoms with Crippen molar-refractivity contribution in [3.63, 3.8) is 0 Å². The molecule has 0 N–H and O–H groups in total. The van der Waals surface area contributed by atoms with E-state index in [0.717, 1.165) is 6.42 Å². The van der Waals surface area contributed by atoms with Crippen LogP contribution < -0.4 is 0 Å². The zero-order valence-electron chi connectivity index (χ0n) is 9.03. The van der Waals surface area contributed by atoms with Crippen molar-refractivity contribution in [2.24, 2.45) is 0 Å². The molecule has 0 aliphatic carbocycles. The summed E-state index contributed by atoms with van der Waals surface area (Å²) in [6.45, 7) is 3.00. The lowest BCUT2D eigenvalue weighted by Gasteiger charge is -2.22. The fourth-order valence-corrected chi connectivity index (χ4v) is 1.80. The number of amides is 1. The van der Waals surface area contributed by atoms with Crippen LogP contribution in [-0.4, -0.2) is 42.1 Å². The second kappa shape index (κ2) is 5.09. The van der Waals surface area contributed by atoms with Gasteiger partial charge in [0.2, 0.25) is 0 Å². The summed E-state index contributed by atoms with van der Waals surface area (Å²) in [5, 5.41) is 0. The summed E-state index contributed by atoms with van der Waals surface area (Å²) in [4.78, 5) is 23.5. The van der Waals surface area contributed by atoms with Crippen molar-refractivity contribution in [3.8, 4) is 0 Å². The van der Waals surface area contributed by atoms with Gasteiger partial charge >= 0.3 is 5.97 Å². The van der Waals surface area contributed by atoms with Crippen molar-refractivity contribution in [1.29, 1.82) is 0 Å². The number of esters is 1. The first kappa shape index (κ1) is 11.9. The number of carbonyl (C=O) groups is 2. The average molecular weight is 217 g/mol. The van der Waals surface area contributed by atoms with E-state index in [0.29, 0.717) is 6.42 Å². The van der Waals surface area contributed by atoms with E-state index in [9.17, 15) is 14.0 Å². The van der Waals surface area contributed by atoms with Gasteiger partial charge in [-0.05, 0) is 6.42 Å². The van der Waals surface area contributed by atoms with E-state index >= 15 is 0 Å². The van der Waals surface area contributed by atoms with Crippen LogP contribution in [0, 0.1) is 0 Å². The summed E-state index contributed by atoms with van der Waals surface area (Å²) in [6, 6.07) is -0.0527. The third-order valence-corrected chi connectivity index (χ3v) is 2.55. The van der Waals surface area contributed by atoms with Gasteiger partial charge in [0.25, 0.3) is 5.91 Å². The fraction of sp³-hybridized carbons (Fsp3) is 0.800. The maximum Gasteiger partial charge on any atom is 0.303 e. The molecule has 1 amide bonds. The molecule has 15 heavy (non-hydrogen) atoms. The summed E-state index contributed by atoms with van der Waals surface area (Å²) in [6.07, 6.45) is 0.172. The van der Waals surface area contributed by atoms with Crippen LogP contribution in [0.25, 0.3) is 0 Å². The standard InChI is InChI=1S/C10H16FNO3/c1-3-9-4-8(11)5-12(9)10(14)6-15-7(2)13/h8-9H,3-6H2,1-2H3/t8?,9-/m1/s1. The third-order valence-electron chi connectivity index (χ3n) is 2.55. The molecule has 4 nitrogen and oxygen atoms in total. The van der Waals surface area contributed by atoms with Crippen LogP contribution in [-0.2, 0) is 14.3 Å². The largest absolute Gasteiger partial charge is 0.456 e. The second-order valence-electron chi connectivity index (χ2n) is 3.72. The molecule has 1 rings (SSSR count). The molecule has 1 fully saturated rings. The number of hydrogen-bond donors (Lipinski definition) is 0. The van der Waals surface area contributed by atoms with E-state index in [1.807, 2.05) is 6.92 Å². The van der Waals surface area contributed by atoms with Crippen molar-refractivity contribution in [2.45, 2.75) is 38.9 Å². The van der Waals surface area contributed by atoms with Crippen LogP contribution in [0.15, 0.2) is 0 Å². The van der Waals surface area contributed by atoms with Gasteiger partial charge in [0.15, 0.2) is 6.61 Å². The summed E-state index contributed by atoms with van der Waals surface area (Å²) in [7, 11) is 0. The zero-order chi connectivity index (χ0) is 11.4. The molecule has 0 saturated carbocycles. The zero-order valence-corrected chi connectivity index (χ0v) is 9.03. The molecule has 2 atom stereocenters. The molecule has 1 heterocycles. The van der Waals surface area contributed by atoms with Crippen molar-refractivity contribution < 1.29 is 18.7 Å². The van der Waals surface area contributed by atoms with Crippen molar-refractivity contribution in [2.75, 3.05) is 13.2 Å². The number of ether oxygens (including phenoxy) is 1. The number of alkyl halides is 1. The van der Waals surface area contributed by atoms with Crippen molar-refractivity contribution in [3.05, 3.63) is 0 Å². The first-order valence-corrected chi connectivity index (χ1v) is 5.11. The van der Waals surface area contributed by atoms with E-state index in [1.54, 1.807) is 0 Å². The number of nitrogens with zero attached hydrogens (tertiary/aromatic N) is 1. The highest BCUT2D eigenvalue weighted by molar-refractivity contribution is 5.80. The van der Waals surface area contributed by atoms with E-state index in [4.69, 9.17) is 0 Å². The number of rotatable bonds is 3. The molecule has 0 aromatic heterocycles. The summed E-state index contributed by atoms with van der Waals surface area (Å²) in [5.74, 6) is -0.801. The second-order valence-corrected chi connectivity index (χ2v) is 3.72. The molecule has 0 aromatic carbocycles. The Labute approximate surface area is 88.4 Å². The molecule has 0 spiro atoms. The van der Waals surface area contributed by atoms with Crippen LogP contribution in [0.4, 0.5) is 4.39 Å². The quantitative estimate of drug-likeness (QED) is 0.660. The molecule has 0 aromatic rings.